The lowest BCUT2D eigenvalue weighted by molar-refractivity contribution is 0.932. The van der Waals surface area contributed by atoms with Gasteiger partial charge in [0.05, 0.1) is 0 Å². The summed E-state index contributed by atoms with van der Waals surface area (Å²) in [6, 6.07) is 8.27. The Balaban J connectivity index is 2.03. The van der Waals surface area contributed by atoms with Crippen molar-refractivity contribution in [2.24, 2.45) is 0 Å². The first-order valence-electron chi connectivity index (χ1n) is 6.62. The highest BCUT2D eigenvalue weighted by molar-refractivity contribution is 6.28. The normalized spacial score (nSPS) is 10.3. The quantitative estimate of drug-likeness (QED) is 0.855. The lowest BCUT2D eigenvalue weighted by Gasteiger charge is -2.08. The van der Waals surface area contributed by atoms with Crippen molar-refractivity contribution in [1.82, 2.24) is 15.0 Å². The van der Waals surface area contributed by atoms with Crippen LogP contribution in [0.25, 0.3) is 0 Å². The summed E-state index contributed by atoms with van der Waals surface area (Å²) in [6.45, 7) is 5.59. The zero-order valence-corrected chi connectivity index (χ0v) is 12.4. The van der Waals surface area contributed by atoms with Crippen LogP contribution >= 0.6 is 11.6 Å². The first kappa shape index (κ1) is 14.5. The van der Waals surface area contributed by atoms with Gasteiger partial charge < -0.3 is 10.6 Å². The summed E-state index contributed by atoms with van der Waals surface area (Å²) in [4.78, 5) is 12.4. The number of anilines is 2. The van der Waals surface area contributed by atoms with Gasteiger partial charge in [0.1, 0.15) is 0 Å². The molecule has 5 nitrogen and oxygen atoms in total. The molecule has 0 aliphatic rings. The molecule has 2 rings (SSSR count). The van der Waals surface area contributed by atoms with Gasteiger partial charge in [0.2, 0.25) is 17.2 Å². The number of benzene rings is 1. The van der Waals surface area contributed by atoms with E-state index in [9.17, 15) is 0 Å². The van der Waals surface area contributed by atoms with E-state index < -0.39 is 0 Å². The van der Waals surface area contributed by atoms with E-state index in [1.165, 1.54) is 11.1 Å². The minimum atomic E-state index is 0.186. The number of rotatable bonds is 6. The summed E-state index contributed by atoms with van der Waals surface area (Å²) in [5.41, 5.74) is 2.40. The Kier molecular flexibility index (Phi) is 5.12. The monoisotopic (exact) mass is 291 g/mol. The molecule has 20 heavy (non-hydrogen) atoms. The van der Waals surface area contributed by atoms with Crippen LogP contribution in [0.2, 0.25) is 5.28 Å². The van der Waals surface area contributed by atoms with Crippen molar-refractivity contribution in [3.63, 3.8) is 0 Å². The number of hydrogen-bond donors (Lipinski definition) is 2. The largest absolute Gasteiger partial charge is 0.354 e. The summed E-state index contributed by atoms with van der Waals surface area (Å²) >= 11 is 5.89. The molecule has 0 aliphatic heterocycles. The molecule has 0 saturated heterocycles. The van der Waals surface area contributed by atoms with Crippen molar-refractivity contribution in [2.75, 3.05) is 17.2 Å². The SMILES string of the molecule is CCCNc1nc(Cl)nc(NCc2cccc(C)c2)n1. The van der Waals surface area contributed by atoms with Gasteiger partial charge in [-0.15, -0.1) is 0 Å². The Morgan fingerprint density at radius 3 is 2.55 bits per heavy atom. The van der Waals surface area contributed by atoms with E-state index in [4.69, 9.17) is 11.6 Å². The molecule has 2 N–H and O–H groups in total. The van der Waals surface area contributed by atoms with Crippen LogP contribution in [0.3, 0.4) is 0 Å². The van der Waals surface area contributed by atoms with Gasteiger partial charge in [-0.05, 0) is 30.5 Å². The van der Waals surface area contributed by atoms with E-state index in [2.05, 4.69) is 57.6 Å². The molecule has 0 aliphatic carbocycles. The summed E-state index contributed by atoms with van der Waals surface area (Å²) in [5.74, 6) is 0.976. The fourth-order valence-electron chi connectivity index (χ4n) is 1.75. The maximum atomic E-state index is 5.89. The molecule has 0 amide bonds. The Hall–Kier alpha value is -1.88. The van der Waals surface area contributed by atoms with Crippen molar-refractivity contribution in [1.29, 1.82) is 0 Å². The standard InChI is InChI=1S/C14H18ClN5/c1-3-7-16-13-18-12(15)19-14(20-13)17-9-11-6-4-5-10(2)8-11/h4-6,8H,3,7,9H2,1-2H3,(H2,16,17,18,19,20). The summed E-state index contributed by atoms with van der Waals surface area (Å²) in [6.07, 6.45) is 0.995. The third kappa shape index (κ3) is 4.35. The van der Waals surface area contributed by atoms with Gasteiger partial charge in [0.15, 0.2) is 0 Å². The molecule has 1 aromatic carbocycles. The van der Waals surface area contributed by atoms with Crippen LogP contribution in [0.4, 0.5) is 11.9 Å². The van der Waals surface area contributed by atoms with E-state index in [-0.39, 0.29) is 5.28 Å². The van der Waals surface area contributed by atoms with Crippen molar-refractivity contribution in [2.45, 2.75) is 26.8 Å². The Labute approximate surface area is 123 Å². The molecule has 0 atom stereocenters. The molecular formula is C14H18ClN5. The summed E-state index contributed by atoms with van der Waals surface area (Å²) in [5, 5.41) is 6.44. The van der Waals surface area contributed by atoms with Gasteiger partial charge in [0.25, 0.3) is 0 Å². The number of aryl methyl sites for hydroxylation is 1. The minimum absolute atomic E-state index is 0.186. The van der Waals surface area contributed by atoms with Gasteiger partial charge >= 0.3 is 0 Å². The zero-order valence-electron chi connectivity index (χ0n) is 11.7. The predicted octanol–water partition coefficient (Wildman–Crippen LogP) is 3.27. The average Bonchev–Trinajstić information content (AvgIpc) is 2.42. The van der Waals surface area contributed by atoms with Gasteiger partial charge in [-0.25, -0.2) is 0 Å². The number of halogens is 1. The Morgan fingerprint density at radius 1 is 1.10 bits per heavy atom. The fraction of sp³-hybridized carbons (Fsp3) is 0.357. The van der Waals surface area contributed by atoms with Gasteiger partial charge in [-0.3, -0.25) is 0 Å². The van der Waals surface area contributed by atoms with E-state index in [0.717, 1.165) is 13.0 Å². The lowest BCUT2D eigenvalue weighted by Crippen LogP contribution is -2.09. The van der Waals surface area contributed by atoms with Gasteiger partial charge in [-0.1, -0.05) is 36.8 Å². The maximum absolute atomic E-state index is 5.89. The summed E-state index contributed by atoms with van der Waals surface area (Å²) in [7, 11) is 0. The molecule has 6 heteroatoms. The minimum Gasteiger partial charge on any atom is -0.354 e. The molecule has 0 radical (unpaired) electrons. The molecule has 1 heterocycles. The van der Waals surface area contributed by atoms with E-state index >= 15 is 0 Å². The maximum Gasteiger partial charge on any atom is 0.229 e. The number of nitrogens with one attached hydrogen (secondary N) is 2. The van der Waals surface area contributed by atoms with E-state index in [1.54, 1.807) is 0 Å². The molecule has 0 spiro atoms. The van der Waals surface area contributed by atoms with Crippen molar-refractivity contribution < 1.29 is 0 Å². The first-order valence-corrected chi connectivity index (χ1v) is 7.00. The summed E-state index contributed by atoms with van der Waals surface area (Å²) < 4.78 is 0. The Morgan fingerprint density at radius 2 is 1.85 bits per heavy atom. The van der Waals surface area contributed by atoms with Crippen LogP contribution in [0, 0.1) is 6.92 Å². The third-order valence-electron chi connectivity index (χ3n) is 2.67. The van der Waals surface area contributed by atoms with Crippen LogP contribution in [0.5, 0.6) is 0 Å². The van der Waals surface area contributed by atoms with Crippen LogP contribution in [0.15, 0.2) is 24.3 Å². The topological polar surface area (TPSA) is 62.7 Å². The van der Waals surface area contributed by atoms with Gasteiger partial charge in [0, 0.05) is 13.1 Å². The average molecular weight is 292 g/mol. The van der Waals surface area contributed by atoms with E-state index in [1.807, 2.05) is 6.07 Å². The lowest BCUT2D eigenvalue weighted by atomic mass is 10.1. The second-order valence-corrected chi connectivity index (χ2v) is 4.86. The Bertz CT molecular complexity index is 573. The molecule has 0 fully saturated rings. The van der Waals surface area contributed by atoms with Crippen molar-refractivity contribution in [3.05, 3.63) is 40.7 Å². The highest BCUT2D eigenvalue weighted by Crippen LogP contribution is 2.11. The van der Waals surface area contributed by atoms with Crippen molar-refractivity contribution >= 4 is 23.5 Å². The highest BCUT2D eigenvalue weighted by Gasteiger charge is 2.04. The molecule has 0 unspecified atom stereocenters. The second kappa shape index (κ2) is 7.05. The second-order valence-electron chi connectivity index (χ2n) is 4.52. The molecule has 2 aromatic rings. The van der Waals surface area contributed by atoms with Crippen LogP contribution in [-0.4, -0.2) is 21.5 Å². The third-order valence-corrected chi connectivity index (χ3v) is 2.84. The van der Waals surface area contributed by atoms with E-state index in [0.29, 0.717) is 18.4 Å². The predicted molar refractivity (Wildman–Crippen MR) is 82.1 cm³/mol. The number of nitrogens with zero attached hydrogens (tertiary/aromatic N) is 3. The van der Waals surface area contributed by atoms with Crippen LogP contribution in [0.1, 0.15) is 24.5 Å². The molecule has 1 aromatic heterocycles. The van der Waals surface area contributed by atoms with Crippen molar-refractivity contribution in [3.8, 4) is 0 Å². The molecule has 106 valence electrons. The molecular weight excluding hydrogens is 274 g/mol. The number of hydrogen-bond acceptors (Lipinski definition) is 5. The highest BCUT2D eigenvalue weighted by atomic mass is 35.5. The molecule has 0 bridgehead atoms. The number of aromatic nitrogens is 3. The fourth-order valence-corrected chi connectivity index (χ4v) is 1.91. The molecule has 0 saturated carbocycles. The first-order chi connectivity index (χ1) is 9.67. The smallest absolute Gasteiger partial charge is 0.229 e. The van der Waals surface area contributed by atoms with Crippen LogP contribution in [-0.2, 0) is 6.54 Å². The van der Waals surface area contributed by atoms with Gasteiger partial charge in [-0.2, -0.15) is 15.0 Å². The zero-order chi connectivity index (χ0) is 14.4. The van der Waals surface area contributed by atoms with Crippen LogP contribution < -0.4 is 10.6 Å².